The molecular weight excluding hydrogens is 590 g/mol. The van der Waals surface area contributed by atoms with Crippen LogP contribution in [0.2, 0.25) is 0 Å². The van der Waals surface area contributed by atoms with E-state index < -0.39 is 29.3 Å². The molecule has 5 rings (SSSR count). The number of carbonyl (C=O) groups is 3. The summed E-state index contributed by atoms with van der Waals surface area (Å²) in [4.78, 5) is 45.8. The van der Waals surface area contributed by atoms with Crippen molar-refractivity contribution in [3.8, 4) is 23.1 Å². The molecule has 0 saturated carbocycles. The highest BCUT2D eigenvalue weighted by atomic mass is 16.6. The van der Waals surface area contributed by atoms with E-state index in [0.29, 0.717) is 22.3 Å². The highest BCUT2D eigenvalue weighted by Gasteiger charge is 2.24. The summed E-state index contributed by atoms with van der Waals surface area (Å²) in [7, 11) is 0. The van der Waals surface area contributed by atoms with E-state index in [9.17, 15) is 29.6 Å². The second-order valence-electron chi connectivity index (χ2n) is 9.44. The molecule has 0 aliphatic rings. The number of nitro benzene ring substituents is 1. The third kappa shape index (κ3) is 7.56. The average Bonchev–Trinajstić information content (AvgIpc) is 3.62. The minimum Gasteiger partial charge on any atom is -0.506 e. The Bertz CT molecular complexity index is 1870. The first-order chi connectivity index (χ1) is 21.5. The van der Waals surface area contributed by atoms with Gasteiger partial charge in [0.25, 0.3) is 11.6 Å². The van der Waals surface area contributed by atoms with Gasteiger partial charge in [0.15, 0.2) is 0 Å². The van der Waals surface area contributed by atoms with Crippen LogP contribution in [0.3, 0.4) is 0 Å². The molecule has 45 heavy (non-hydrogen) atoms. The third-order valence-corrected chi connectivity index (χ3v) is 6.23. The molecule has 4 N–H and O–H groups in total. The fourth-order valence-corrected chi connectivity index (χ4v) is 4.07. The van der Waals surface area contributed by atoms with Gasteiger partial charge in [-0.15, -0.1) is 0 Å². The van der Waals surface area contributed by atoms with Crippen LogP contribution in [0.1, 0.15) is 34.2 Å². The predicted molar refractivity (Wildman–Crippen MR) is 157 cm³/mol. The molecule has 1 amide bonds. The van der Waals surface area contributed by atoms with Gasteiger partial charge in [0.2, 0.25) is 5.88 Å². The zero-order valence-corrected chi connectivity index (χ0v) is 24.2. The molecule has 0 bridgehead atoms. The second kappa shape index (κ2) is 13.8. The minimum atomic E-state index is -1.27. The zero-order valence-electron chi connectivity index (χ0n) is 24.2. The number of carbonyl (C=O) groups excluding carboxylic acids is 2. The topological polar surface area (TPSA) is 225 Å². The predicted octanol–water partition coefficient (Wildman–Crippen LogP) is 3.73. The van der Waals surface area contributed by atoms with Crippen molar-refractivity contribution in [2.75, 3.05) is 6.54 Å². The van der Waals surface area contributed by atoms with E-state index in [0.717, 1.165) is 5.69 Å². The number of amides is 1. The van der Waals surface area contributed by atoms with Gasteiger partial charge in [0.05, 0.1) is 39.3 Å². The first kappa shape index (κ1) is 31.6. The summed E-state index contributed by atoms with van der Waals surface area (Å²) in [5.41, 5.74) is 1.78. The van der Waals surface area contributed by atoms with Crippen LogP contribution in [0.5, 0.6) is 17.4 Å². The van der Waals surface area contributed by atoms with Gasteiger partial charge in [0, 0.05) is 29.8 Å². The molecule has 0 saturated heterocycles. The molecule has 5 aromatic rings. The number of esters is 1. The van der Waals surface area contributed by atoms with Gasteiger partial charge in [0.1, 0.15) is 24.7 Å². The van der Waals surface area contributed by atoms with Gasteiger partial charge in [-0.2, -0.15) is 20.5 Å². The lowest BCUT2D eigenvalue weighted by Gasteiger charge is -2.16. The minimum absolute atomic E-state index is 0.0929. The number of carboxylic acids is 1. The molecule has 16 heteroatoms. The molecule has 3 aromatic carbocycles. The fourth-order valence-electron chi connectivity index (χ4n) is 4.07. The molecule has 16 nitrogen and oxygen atoms in total. The summed E-state index contributed by atoms with van der Waals surface area (Å²) >= 11 is 0. The molecule has 2 aromatic heterocycles. The number of aryl methyl sites for hydroxylation is 2. The number of non-ortho nitro benzene ring substituents is 1. The number of aromatic nitrogens is 5. The van der Waals surface area contributed by atoms with Crippen molar-refractivity contribution < 1.29 is 39.0 Å². The molecule has 0 spiro atoms. The number of phenols is 1. The second-order valence-corrected chi connectivity index (χ2v) is 9.44. The molecule has 232 valence electrons. The summed E-state index contributed by atoms with van der Waals surface area (Å²) < 4.78 is 12.8. The quantitative estimate of drug-likeness (QED) is 0.105. The molecule has 2 heterocycles. The molecule has 0 aliphatic heterocycles. The Morgan fingerprint density at radius 2 is 1.78 bits per heavy atom. The van der Waals surface area contributed by atoms with E-state index in [-0.39, 0.29) is 40.6 Å². The first-order valence-electron chi connectivity index (χ1n) is 13.2. The lowest BCUT2D eigenvalue weighted by Crippen LogP contribution is -2.29. The van der Waals surface area contributed by atoms with E-state index in [1.807, 2.05) is 6.92 Å². The Morgan fingerprint density at radius 1 is 1.09 bits per heavy atom. The molecule has 0 atom stereocenters. The van der Waals surface area contributed by atoms with Gasteiger partial charge in [-0.25, -0.2) is 4.68 Å². The number of aliphatic carboxylic acids is 1. The highest BCUT2D eigenvalue weighted by molar-refractivity contribution is 6.06. The number of nitrogens with zero attached hydrogens (tertiary/aromatic N) is 5. The Hall–Kier alpha value is -6.32. The maximum atomic E-state index is 12.7. The van der Waals surface area contributed by atoms with Crippen LogP contribution in [0.15, 0.2) is 60.8 Å². The number of nitrogens with one attached hydrogen (secondary N) is 2. The summed E-state index contributed by atoms with van der Waals surface area (Å²) in [5.74, 6) is -2.83. The van der Waals surface area contributed by atoms with Crippen LogP contribution in [-0.4, -0.2) is 64.7 Å². The van der Waals surface area contributed by atoms with Crippen LogP contribution in [0.4, 0.5) is 5.69 Å². The van der Waals surface area contributed by atoms with E-state index >= 15 is 0 Å². The normalized spacial score (nSPS) is 10.5. The van der Waals surface area contributed by atoms with Gasteiger partial charge >= 0.3 is 11.9 Å². The standard InChI is InChI=1S/C26H22N4O9.C3H5N3/c1-14-21(13-38-15(2)31)26(29(28-14)16-7-9-17(10-8-16)30(36)37)39-22-11-20(25(35)27-12-23(32)33)24(34)19-6-4-3-5-18(19)22;1-3-2-4-6-5-3/h3-11,34H,12-13H2,1-2H3,(H,27,35)(H,32,33);2H,1H3,(H,4,5,6). The fraction of sp³-hybridized carbons (Fsp3) is 0.172. The van der Waals surface area contributed by atoms with Crippen LogP contribution >= 0.6 is 0 Å². The van der Waals surface area contributed by atoms with Crippen molar-refractivity contribution in [3.63, 3.8) is 0 Å². The van der Waals surface area contributed by atoms with Crippen LogP contribution in [0.25, 0.3) is 16.5 Å². The Labute approximate surface area is 254 Å². The van der Waals surface area contributed by atoms with Crippen molar-refractivity contribution in [3.05, 3.63) is 93.4 Å². The monoisotopic (exact) mass is 617 g/mol. The Balaban J connectivity index is 0.000000687. The molecule has 0 radical (unpaired) electrons. The number of nitro groups is 1. The number of rotatable bonds is 9. The summed E-state index contributed by atoms with van der Waals surface area (Å²) in [6.45, 7) is 3.91. The summed E-state index contributed by atoms with van der Waals surface area (Å²) in [6, 6.07) is 13.3. The maximum Gasteiger partial charge on any atom is 0.322 e. The van der Waals surface area contributed by atoms with E-state index in [1.165, 1.54) is 41.9 Å². The lowest BCUT2D eigenvalue weighted by atomic mass is 10.0. The smallest absolute Gasteiger partial charge is 0.322 e. The number of carboxylic acid groups (broad SMARTS) is 1. The Morgan fingerprint density at radius 3 is 2.33 bits per heavy atom. The van der Waals surface area contributed by atoms with Crippen LogP contribution < -0.4 is 10.1 Å². The lowest BCUT2D eigenvalue weighted by molar-refractivity contribution is -0.384. The highest BCUT2D eigenvalue weighted by Crippen LogP contribution is 2.40. The van der Waals surface area contributed by atoms with Crippen LogP contribution in [0, 0.1) is 24.0 Å². The summed E-state index contributed by atoms with van der Waals surface area (Å²) in [5, 5.41) is 47.9. The first-order valence-corrected chi connectivity index (χ1v) is 13.2. The summed E-state index contributed by atoms with van der Waals surface area (Å²) in [6.07, 6.45) is 1.67. The zero-order chi connectivity index (χ0) is 32.7. The molecule has 0 fully saturated rings. The van der Waals surface area contributed by atoms with Gasteiger partial charge < -0.3 is 25.0 Å². The maximum absolute atomic E-state index is 12.7. The largest absolute Gasteiger partial charge is 0.506 e. The van der Waals surface area contributed by atoms with Crippen molar-refractivity contribution in [1.29, 1.82) is 0 Å². The number of hydrogen-bond acceptors (Lipinski definition) is 11. The van der Waals surface area contributed by atoms with Crippen molar-refractivity contribution >= 4 is 34.3 Å². The van der Waals surface area contributed by atoms with Crippen molar-refractivity contribution in [2.45, 2.75) is 27.4 Å². The Kier molecular flexibility index (Phi) is 9.67. The number of ether oxygens (including phenoxy) is 2. The number of benzene rings is 3. The molecule has 0 aliphatic carbocycles. The van der Waals surface area contributed by atoms with Gasteiger partial charge in [-0.3, -0.25) is 24.5 Å². The number of hydrogen-bond donors (Lipinski definition) is 4. The van der Waals surface area contributed by atoms with E-state index in [4.69, 9.17) is 14.6 Å². The number of phenolic OH excluding ortho intramolecular Hbond substituents is 1. The van der Waals surface area contributed by atoms with Crippen molar-refractivity contribution in [2.24, 2.45) is 0 Å². The van der Waals surface area contributed by atoms with E-state index in [2.05, 4.69) is 25.8 Å². The van der Waals surface area contributed by atoms with Gasteiger partial charge in [-0.1, -0.05) is 24.3 Å². The van der Waals surface area contributed by atoms with Gasteiger partial charge in [-0.05, 0) is 32.0 Å². The number of aromatic hydroxyl groups is 1. The van der Waals surface area contributed by atoms with E-state index in [1.54, 1.807) is 37.4 Å². The number of H-pyrrole nitrogens is 1. The molecule has 0 unspecified atom stereocenters. The number of aromatic amines is 1. The number of fused-ring (bicyclic) bond motifs is 1. The third-order valence-electron chi connectivity index (χ3n) is 6.23. The van der Waals surface area contributed by atoms with Crippen molar-refractivity contribution in [1.82, 2.24) is 30.5 Å². The van der Waals surface area contributed by atoms with Crippen LogP contribution in [-0.2, 0) is 20.9 Å². The molecular formula is C29H27N7O9. The SMILES string of the molecule is CC(=O)OCc1c(C)nn(-c2ccc([N+](=O)[O-])cc2)c1Oc1cc(C(=O)NCC(=O)O)c(O)c2ccccc12.Cc1cn[nH]n1. The average molecular weight is 618 g/mol.